The van der Waals surface area contributed by atoms with Crippen LogP contribution in [0.3, 0.4) is 0 Å². The summed E-state index contributed by atoms with van der Waals surface area (Å²) in [6, 6.07) is 10.3. The number of hydrogen-bond donors (Lipinski definition) is 1. The molecule has 3 heteroatoms. The highest BCUT2D eigenvalue weighted by Gasteiger charge is 2.30. The van der Waals surface area contributed by atoms with Gasteiger partial charge in [0, 0.05) is 17.0 Å². The van der Waals surface area contributed by atoms with E-state index in [2.05, 4.69) is 49.6 Å². The van der Waals surface area contributed by atoms with Crippen molar-refractivity contribution >= 4 is 5.82 Å². The van der Waals surface area contributed by atoms with Gasteiger partial charge < -0.3 is 10.3 Å². The molecule has 1 fully saturated rings. The SMILES string of the molecule is CC(C)(C)n1c(-c2ccccc2)nc(C2CCC2)c1N. The quantitative estimate of drug-likeness (QED) is 0.889. The summed E-state index contributed by atoms with van der Waals surface area (Å²) < 4.78 is 2.19. The minimum atomic E-state index is -0.0652. The molecular formula is C17H23N3. The molecule has 3 rings (SSSR count). The van der Waals surface area contributed by atoms with Gasteiger partial charge in [0.05, 0.1) is 5.69 Å². The van der Waals surface area contributed by atoms with E-state index in [1.165, 1.54) is 19.3 Å². The van der Waals surface area contributed by atoms with E-state index < -0.39 is 0 Å². The lowest BCUT2D eigenvalue weighted by Crippen LogP contribution is -2.25. The fourth-order valence-corrected chi connectivity index (χ4v) is 2.89. The van der Waals surface area contributed by atoms with Gasteiger partial charge in [-0.3, -0.25) is 0 Å². The van der Waals surface area contributed by atoms with Crippen molar-refractivity contribution in [2.75, 3.05) is 5.73 Å². The molecular weight excluding hydrogens is 246 g/mol. The molecule has 3 nitrogen and oxygen atoms in total. The lowest BCUT2D eigenvalue weighted by Gasteiger charge is -2.27. The zero-order valence-corrected chi connectivity index (χ0v) is 12.6. The Hall–Kier alpha value is -1.77. The molecule has 1 aromatic carbocycles. The van der Waals surface area contributed by atoms with Gasteiger partial charge in [0.1, 0.15) is 11.6 Å². The third-order valence-electron chi connectivity index (χ3n) is 4.14. The molecule has 1 aliphatic rings. The van der Waals surface area contributed by atoms with Crippen LogP contribution in [0, 0.1) is 0 Å². The van der Waals surface area contributed by atoms with Crippen LogP contribution in [0.15, 0.2) is 30.3 Å². The van der Waals surface area contributed by atoms with Crippen LogP contribution in [0.25, 0.3) is 11.4 Å². The van der Waals surface area contributed by atoms with Crippen LogP contribution < -0.4 is 5.73 Å². The molecule has 2 N–H and O–H groups in total. The molecule has 106 valence electrons. The van der Waals surface area contributed by atoms with E-state index in [1.54, 1.807) is 0 Å². The highest BCUT2D eigenvalue weighted by Crippen LogP contribution is 2.41. The molecule has 0 radical (unpaired) electrons. The average Bonchev–Trinajstić information content (AvgIpc) is 2.66. The van der Waals surface area contributed by atoms with Gasteiger partial charge >= 0.3 is 0 Å². The van der Waals surface area contributed by atoms with E-state index in [0.717, 1.165) is 22.9 Å². The third kappa shape index (κ3) is 2.11. The van der Waals surface area contributed by atoms with Gasteiger partial charge in [0.25, 0.3) is 0 Å². The van der Waals surface area contributed by atoms with E-state index in [0.29, 0.717) is 5.92 Å². The van der Waals surface area contributed by atoms with Crippen LogP contribution in [0.2, 0.25) is 0 Å². The van der Waals surface area contributed by atoms with Crippen LogP contribution in [0.4, 0.5) is 5.82 Å². The number of imidazole rings is 1. The van der Waals surface area contributed by atoms with E-state index in [9.17, 15) is 0 Å². The Balaban J connectivity index is 2.17. The van der Waals surface area contributed by atoms with Gasteiger partial charge in [-0.15, -0.1) is 0 Å². The molecule has 20 heavy (non-hydrogen) atoms. The summed E-state index contributed by atoms with van der Waals surface area (Å²) >= 11 is 0. The highest BCUT2D eigenvalue weighted by atomic mass is 15.2. The smallest absolute Gasteiger partial charge is 0.142 e. The van der Waals surface area contributed by atoms with Crippen LogP contribution in [0.5, 0.6) is 0 Å². The van der Waals surface area contributed by atoms with Crippen molar-refractivity contribution < 1.29 is 0 Å². The van der Waals surface area contributed by atoms with Gasteiger partial charge in [-0.2, -0.15) is 0 Å². The highest BCUT2D eigenvalue weighted by molar-refractivity contribution is 5.61. The van der Waals surface area contributed by atoms with Gasteiger partial charge in [-0.05, 0) is 33.6 Å². The second-order valence-electron chi connectivity index (χ2n) is 6.71. The molecule has 1 heterocycles. The minimum absolute atomic E-state index is 0.0652. The molecule has 0 saturated heterocycles. The first-order chi connectivity index (χ1) is 9.48. The largest absolute Gasteiger partial charge is 0.384 e. The van der Waals surface area contributed by atoms with Crippen molar-refractivity contribution in [3.05, 3.63) is 36.0 Å². The first-order valence-corrected chi connectivity index (χ1v) is 7.42. The number of anilines is 1. The Morgan fingerprint density at radius 3 is 2.30 bits per heavy atom. The second kappa shape index (κ2) is 4.65. The molecule has 0 atom stereocenters. The van der Waals surface area contributed by atoms with Crippen molar-refractivity contribution in [1.82, 2.24) is 9.55 Å². The number of hydrogen-bond acceptors (Lipinski definition) is 2. The summed E-state index contributed by atoms with van der Waals surface area (Å²) in [5.41, 5.74) is 8.61. The summed E-state index contributed by atoms with van der Waals surface area (Å²) in [5.74, 6) is 2.40. The summed E-state index contributed by atoms with van der Waals surface area (Å²) in [5, 5.41) is 0. The summed E-state index contributed by atoms with van der Waals surface area (Å²) in [6.07, 6.45) is 3.74. The van der Waals surface area contributed by atoms with Crippen LogP contribution in [-0.2, 0) is 5.54 Å². The number of benzene rings is 1. The van der Waals surface area contributed by atoms with Crippen LogP contribution in [-0.4, -0.2) is 9.55 Å². The predicted molar refractivity (Wildman–Crippen MR) is 83.7 cm³/mol. The number of rotatable bonds is 2. The minimum Gasteiger partial charge on any atom is -0.384 e. The molecule has 1 aromatic heterocycles. The Bertz CT molecular complexity index is 601. The maximum absolute atomic E-state index is 6.44. The van der Waals surface area contributed by atoms with Gasteiger partial charge in [0.15, 0.2) is 0 Å². The van der Waals surface area contributed by atoms with Crippen molar-refractivity contribution in [3.8, 4) is 11.4 Å². The number of nitrogens with zero attached hydrogens (tertiary/aromatic N) is 2. The van der Waals surface area contributed by atoms with Crippen LogP contribution in [0.1, 0.15) is 51.6 Å². The van der Waals surface area contributed by atoms with E-state index in [4.69, 9.17) is 10.7 Å². The molecule has 0 aliphatic heterocycles. The van der Waals surface area contributed by atoms with Crippen LogP contribution >= 0.6 is 0 Å². The summed E-state index contributed by atoms with van der Waals surface area (Å²) in [7, 11) is 0. The van der Waals surface area contributed by atoms with Crippen molar-refractivity contribution in [2.45, 2.75) is 51.5 Å². The standard InChI is InChI=1S/C17H23N3/c1-17(2,3)20-15(18)14(12-10-7-11-12)19-16(20)13-8-5-4-6-9-13/h4-6,8-9,12H,7,10-11,18H2,1-3H3. The molecule has 0 amide bonds. The molecule has 0 spiro atoms. The zero-order chi connectivity index (χ0) is 14.3. The molecule has 1 aliphatic carbocycles. The fraction of sp³-hybridized carbons (Fsp3) is 0.471. The third-order valence-corrected chi connectivity index (χ3v) is 4.14. The van der Waals surface area contributed by atoms with Crippen molar-refractivity contribution in [2.24, 2.45) is 0 Å². The van der Waals surface area contributed by atoms with E-state index in [1.807, 2.05) is 6.07 Å². The van der Waals surface area contributed by atoms with E-state index >= 15 is 0 Å². The van der Waals surface area contributed by atoms with Gasteiger partial charge in [-0.1, -0.05) is 36.8 Å². The second-order valence-corrected chi connectivity index (χ2v) is 6.71. The van der Waals surface area contributed by atoms with Crippen molar-refractivity contribution in [3.63, 3.8) is 0 Å². The normalized spacial score (nSPS) is 16.1. The molecule has 0 unspecified atom stereocenters. The van der Waals surface area contributed by atoms with Gasteiger partial charge in [-0.25, -0.2) is 4.98 Å². The Morgan fingerprint density at radius 2 is 1.80 bits per heavy atom. The summed E-state index contributed by atoms with van der Waals surface area (Å²) in [6.45, 7) is 6.55. The Labute approximate surface area is 120 Å². The first kappa shape index (κ1) is 13.2. The lowest BCUT2D eigenvalue weighted by atomic mass is 9.83. The molecule has 0 bridgehead atoms. The zero-order valence-electron chi connectivity index (χ0n) is 12.6. The van der Waals surface area contributed by atoms with Gasteiger partial charge in [0.2, 0.25) is 0 Å². The fourth-order valence-electron chi connectivity index (χ4n) is 2.89. The molecule has 2 aromatic rings. The maximum atomic E-state index is 6.44. The Morgan fingerprint density at radius 1 is 1.15 bits per heavy atom. The lowest BCUT2D eigenvalue weighted by molar-refractivity contribution is 0.399. The monoisotopic (exact) mass is 269 g/mol. The first-order valence-electron chi connectivity index (χ1n) is 7.42. The predicted octanol–water partition coefficient (Wildman–Crippen LogP) is 4.15. The van der Waals surface area contributed by atoms with Crippen molar-refractivity contribution in [1.29, 1.82) is 0 Å². The molecule has 1 saturated carbocycles. The number of nitrogens with two attached hydrogens (primary N) is 1. The van der Waals surface area contributed by atoms with E-state index in [-0.39, 0.29) is 5.54 Å². The number of nitrogen functional groups attached to an aromatic ring is 1. The average molecular weight is 269 g/mol. The Kier molecular flexibility index (Phi) is 3.08. The topological polar surface area (TPSA) is 43.8 Å². The maximum Gasteiger partial charge on any atom is 0.142 e. The number of aromatic nitrogens is 2. The summed E-state index contributed by atoms with van der Waals surface area (Å²) in [4.78, 5) is 4.91.